The molecule has 28 heavy (non-hydrogen) atoms. The van der Waals surface area contributed by atoms with Crippen molar-refractivity contribution in [1.82, 2.24) is 9.88 Å². The highest BCUT2D eigenvalue weighted by Gasteiger charge is 2.15. The summed E-state index contributed by atoms with van der Waals surface area (Å²) in [7, 11) is 4.83. The molecule has 146 valence electrons. The summed E-state index contributed by atoms with van der Waals surface area (Å²) in [6.45, 7) is 0.220. The summed E-state index contributed by atoms with van der Waals surface area (Å²) in [6.07, 6.45) is 0.161. The maximum atomic E-state index is 13.8. The van der Waals surface area contributed by atoms with E-state index in [0.29, 0.717) is 22.8 Å². The Morgan fingerprint density at radius 2 is 1.89 bits per heavy atom. The van der Waals surface area contributed by atoms with Gasteiger partial charge in [0.05, 0.1) is 26.3 Å². The van der Waals surface area contributed by atoms with Crippen molar-refractivity contribution in [3.05, 3.63) is 64.9 Å². The van der Waals surface area contributed by atoms with E-state index in [1.165, 1.54) is 22.3 Å². The number of methoxy groups -OCH3 is 2. The normalized spacial score (nSPS) is 10.6. The molecule has 0 N–H and O–H groups in total. The molecule has 1 heterocycles. The molecule has 0 saturated carbocycles. The van der Waals surface area contributed by atoms with Crippen LogP contribution in [0.3, 0.4) is 0 Å². The standard InChI is InChI=1S/C21H21FN2O3S/c1-24(12-15-6-4-5-7-17(15)22)20(25)11-16-13-28-21(23-16)14-8-9-18(26-2)19(10-14)27-3/h4-10,13H,11-12H2,1-3H3. The molecule has 5 nitrogen and oxygen atoms in total. The van der Waals surface area contributed by atoms with Crippen molar-refractivity contribution in [1.29, 1.82) is 0 Å². The molecule has 0 radical (unpaired) electrons. The first-order valence-electron chi connectivity index (χ1n) is 8.66. The largest absolute Gasteiger partial charge is 0.493 e. The Morgan fingerprint density at radius 3 is 2.61 bits per heavy atom. The Morgan fingerprint density at radius 1 is 1.14 bits per heavy atom. The highest BCUT2D eigenvalue weighted by molar-refractivity contribution is 7.13. The lowest BCUT2D eigenvalue weighted by Crippen LogP contribution is -2.28. The average molecular weight is 400 g/mol. The second kappa shape index (κ2) is 8.84. The van der Waals surface area contributed by atoms with Gasteiger partial charge in [0.1, 0.15) is 10.8 Å². The van der Waals surface area contributed by atoms with E-state index in [1.807, 2.05) is 23.6 Å². The van der Waals surface area contributed by atoms with Gasteiger partial charge in [-0.05, 0) is 24.3 Å². The molecule has 0 unspecified atom stereocenters. The summed E-state index contributed by atoms with van der Waals surface area (Å²) in [5.74, 6) is 0.837. The number of rotatable bonds is 7. The van der Waals surface area contributed by atoms with E-state index in [1.54, 1.807) is 39.5 Å². The van der Waals surface area contributed by atoms with Crippen LogP contribution < -0.4 is 9.47 Å². The minimum atomic E-state index is -0.313. The molecule has 0 fully saturated rings. The predicted molar refractivity (Wildman–Crippen MR) is 107 cm³/mol. The van der Waals surface area contributed by atoms with Gasteiger partial charge in [-0.25, -0.2) is 9.37 Å². The molecule has 0 aliphatic heterocycles. The van der Waals surface area contributed by atoms with Crippen LogP contribution in [0.4, 0.5) is 4.39 Å². The van der Waals surface area contributed by atoms with Crippen molar-refractivity contribution >= 4 is 17.2 Å². The van der Waals surface area contributed by atoms with Gasteiger partial charge >= 0.3 is 0 Å². The second-order valence-corrected chi connectivity index (χ2v) is 7.09. The van der Waals surface area contributed by atoms with Crippen LogP contribution in [-0.4, -0.2) is 37.1 Å². The maximum Gasteiger partial charge on any atom is 0.228 e. The molecule has 0 spiro atoms. The fourth-order valence-corrected chi connectivity index (χ4v) is 3.57. The highest BCUT2D eigenvalue weighted by atomic mass is 32.1. The Labute approximate surface area is 167 Å². The zero-order valence-electron chi connectivity index (χ0n) is 15.9. The summed E-state index contributed by atoms with van der Waals surface area (Å²) in [4.78, 5) is 18.6. The molecule has 1 amide bonds. The lowest BCUT2D eigenvalue weighted by atomic mass is 10.2. The van der Waals surface area contributed by atoms with Crippen LogP contribution in [0, 0.1) is 5.82 Å². The van der Waals surface area contributed by atoms with Crippen molar-refractivity contribution in [2.24, 2.45) is 0 Å². The topological polar surface area (TPSA) is 51.7 Å². The fourth-order valence-electron chi connectivity index (χ4n) is 2.75. The number of carbonyl (C=O) groups excluding carboxylic acids is 1. The summed E-state index contributed by atoms with van der Waals surface area (Å²) >= 11 is 1.46. The van der Waals surface area contributed by atoms with Crippen molar-refractivity contribution in [3.63, 3.8) is 0 Å². The summed E-state index contributed by atoms with van der Waals surface area (Å²) in [6, 6.07) is 12.0. The monoisotopic (exact) mass is 400 g/mol. The Hall–Kier alpha value is -2.93. The Kier molecular flexibility index (Phi) is 6.26. The van der Waals surface area contributed by atoms with E-state index in [9.17, 15) is 9.18 Å². The van der Waals surface area contributed by atoms with Crippen molar-refractivity contribution < 1.29 is 18.7 Å². The summed E-state index contributed by atoms with van der Waals surface area (Å²) < 4.78 is 24.4. The molecule has 0 aliphatic carbocycles. The third-order valence-corrected chi connectivity index (χ3v) is 5.25. The third-order valence-electron chi connectivity index (χ3n) is 4.31. The van der Waals surface area contributed by atoms with Crippen molar-refractivity contribution in [2.75, 3.05) is 21.3 Å². The van der Waals surface area contributed by atoms with Gasteiger partial charge in [-0.3, -0.25) is 4.79 Å². The van der Waals surface area contributed by atoms with Gasteiger partial charge in [-0.1, -0.05) is 18.2 Å². The lowest BCUT2D eigenvalue weighted by Gasteiger charge is -2.17. The van der Waals surface area contributed by atoms with E-state index in [-0.39, 0.29) is 24.7 Å². The zero-order chi connectivity index (χ0) is 20.1. The van der Waals surface area contributed by atoms with Gasteiger partial charge in [0, 0.05) is 30.1 Å². The van der Waals surface area contributed by atoms with Crippen molar-refractivity contribution in [3.8, 4) is 22.1 Å². The van der Waals surface area contributed by atoms with E-state index < -0.39 is 0 Å². The van der Waals surface area contributed by atoms with Crippen LogP contribution >= 0.6 is 11.3 Å². The van der Waals surface area contributed by atoms with Crippen LogP contribution in [0.25, 0.3) is 10.6 Å². The quantitative estimate of drug-likeness (QED) is 0.597. The predicted octanol–water partition coefficient (Wildman–Crippen LogP) is 4.17. The highest BCUT2D eigenvalue weighted by Crippen LogP contribution is 2.33. The fraction of sp³-hybridized carbons (Fsp3) is 0.238. The number of amides is 1. The van der Waals surface area contributed by atoms with E-state index in [4.69, 9.17) is 9.47 Å². The minimum absolute atomic E-state index is 0.118. The zero-order valence-corrected chi connectivity index (χ0v) is 16.8. The van der Waals surface area contributed by atoms with Gasteiger partial charge in [-0.15, -0.1) is 11.3 Å². The molecule has 2 aromatic carbocycles. The smallest absolute Gasteiger partial charge is 0.228 e. The van der Waals surface area contributed by atoms with Crippen molar-refractivity contribution in [2.45, 2.75) is 13.0 Å². The first-order valence-corrected chi connectivity index (χ1v) is 9.54. The van der Waals surface area contributed by atoms with Crippen LogP contribution in [0.1, 0.15) is 11.3 Å². The molecule has 0 atom stereocenters. The number of ether oxygens (including phenoxy) is 2. The van der Waals surface area contributed by atoms with Crippen LogP contribution in [0.15, 0.2) is 47.8 Å². The Balaban J connectivity index is 1.69. The molecular weight excluding hydrogens is 379 g/mol. The number of hydrogen-bond donors (Lipinski definition) is 0. The van der Waals surface area contributed by atoms with E-state index in [2.05, 4.69) is 4.98 Å². The molecule has 3 aromatic rings. The summed E-state index contributed by atoms with van der Waals surface area (Å²) in [5, 5.41) is 2.65. The van der Waals surface area contributed by atoms with E-state index >= 15 is 0 Å². The average Bonchev–Trinajstić information content (AvgIpc) is 3.17. The molecular formula is C21H21FN2O3S. The number of carbonyl (C=O) groups is 1. The molecule has 0 saturated heterocycles. The van der Waals surface area contributed by atoms with Gasteiger partial charge in [0.2, 0.25) is 5.91 Å². The number of nitrogens with zero attached hydrogens (tertiary/aromatic N) is 2. The molecule has 7 heteroatoms. The third kappa shape index (κ3) is 4.48. The molecule has 3 rings (SSSR count). The first-order chi connectivity index (χ1) is 13.5. The van der Waals surface area contributed by atoms with Gasteiger partial charge in [0.25, 0.3) is 0 Å². The second-order valence-electron chi connectivity index (χ2n) is 6.23. The number of hydrogen-bond acceptors (Lipinski definition) is 5. The van der Waals surface area contributed by atoms with Crippen LogP contribution in [0.2, 0.25) is 0 Å². The number of benzene rings is 2. The number of likely N-dealkylation sites (N-methyl/N-ethyl adjacent to an activating group) is 1. The number of halogens is 1. The van der Waals surface area contributed by atoms with Crippen LogP contribution in [0.5, 0.6) is 11.5 Å². The van der Waals surface area contributed by atoms with Gasteiger partial charge in [-0.2, -0.15) is 0 Å². The minimum Gasteiger partial charge on any atom is -0.493 e. The molecule has 0 aliphatic rings. The van der Waals surface area contributed by atoms with E-state index in [0.717, 1.165) is 10.6 Å². The van der Waals surface area contributed by atoms with Gasteiger partial charge in [0.15, 0.2) is 11.5 Å². The van der Waals surface area contributed by atoms with Crippen LogP contribution in [-0.2, 0) is 17.8 Å². The maximum absolute atomic E-state index is 13.8. The molecule has 1 aromatic heterocycles. The van der Waals surface area contributed by atoms with Gasteiger partial charge < -0.3 is 14.4 Å². The SMILES string of the molecule is COc1ccc(-c2nc(CC(=O)N(C)Cc3ccccc3F)cs2)cc1OC. The lowest BCUT2D eigenvalue weighted by molar-refractivity contribution is -0.129. The summed E-state index contributed by atoms with van der Waals surface area (Å²) in [5.41, 5.74) is 2.06. The molecule has 0 bridgehead atoms. The number of aromatic nitrogens is 1. The first kappa shape index (κ1) is 19.8. The Bertz CT molecular complexity index is 974. The number of thiazole rings is 1.